The van der Waals surface area contributed by atoms with Gasteiger partial charge < -0.3 is 10.4 Å². The summed E-state index contributed by atoms with van der Waals surface area (Å²) >= 11 is 11.8. The summed E-state index contributed by atoms with van der Waals surface area (Å²) in [6.45, 7) is 1.91. The van der Waals surface area contributed by atoms with E-state index in [1.165, 1.54) is 6.07 Å². The van der Waals surface area contributed by atoms with Crippen molar-refractivity contribution < 1.29 is 9.90 Å². The van der Waals surface area contributed by atoms with Gasteiger partial charge in [-0.1, -0.05) is 30.1 Å². The molecular weight excluding hydrogens is 299 g/mol. The van der Waals surface area contributed by atoms with Crippen molar-refractivity contribution in [2.45, 2.75) is 13.3 Å². The van der Waals surface area contributed by atoms with E-state index in [-0.39, 0.29) is 5.56 Å². The van der Waals surface area contributed by atoms with E-state index >= 15 is 0 Å². The smallest absolute Gasteiger partial charge is 0.335 e. The highest BCUT2D eigenvalue weighted by molar-refractivity contribution is 6.42. The molecule has 0 unspecified atom stereocenters. The van der Waals surface area contributed by atoms with Crippen LogP contribution in [-0.2, 0) is 6.42 Å². The first-order valence-electron chi connectivity index (χ1n) is 5.96. The summed E-state index contributed by atoms with van der Waals surface area (Å²) in [4.78, 5) is 15.4. The lowest BCUT2D eigenvalue weighted by Crippen LogP contribution is -2.03. The molecule has 0 saturated carbocycles. The fourth-order valence-electron chi connectivity index (χ4n) is 1.68. The van der Waals surface area contributed by atoms with Crippen LogP contribution in [0.2, 0.25) is 10.0 Å². The molecule has 2 rings (SSSR count). The van der Waals surface area contributed by atoms with Crippen LogP contribution in [0.3, 0.4) is 0 Å². The predicted molar refractivity (Wildman–Crippen MR) is 80.3 cm³/mol. The number of nitrogens with zero attached hydrogens (tertiary/aromatic N) is 1. The number of carbonyl (C=O) groups is 1. The Morgan fingerprint density at radius 2 is 2.00 bits per heavy atom. The number of hydrogen-bond acceptors (Lipinski definition) is 3. The highest BCUT2D eigenvalue weighted by Gasteiger charge is 2.08. The van der Waals surface area contributed by atoms with E-state index in [2.05, 4.69) is 10.3 Å². The molecule has 20 heavy (non-hydrogen) atoms. The van der Waals surface area contributed by atoms with Gasteiger partial charge in [-0.25, -0.2) is 9.78 Å². The quantitative estimate of drug-likeness (QED) is 0.879. The number of carboxylic acid groups (broad SMARTS) is 1. The van der Waals surface area contributed by atoms with Crippen molar-refractivity contribution >= 4 is 40.7 Å². The Morgan fingerprint density at radius 1 is 1.25 bits per heavy atom. The second-order valence-corrected chi connectivity index (χ2v) is 4.96. The number of anilines is 2. The Hall–Kier alpha value is -1.78. The molecule has 2 N–H and O–H groups in total. The van der Waals surface area contributed by atoms with Crippen LogP contribution in [0.4, 0.5) is 11.5 Å². The summed E-state index contributed by atoms with van der Waals surface area (Å²) in [7, 11) is 0. The van der Waals surface area contributed by atoms with Crippen LogP contribution in [0, 0.1) is 0 Å². The Kier molecular flexibility index (Phi) is 4.47. The average molecular weight is 311 g/mol. The standard InChI is InChI=1S/C14H12Cl2N2O2/c1-2-9-5-8(14(19)20)6-13(17-9)18-10-3-4-11(15)12(16)7-10/h3-7H,2H2,1H3,(H,17,18)(H,19,20). The van der Waals surface area contributed by atoms with Gasteiger partial charge in [-0.2, -0.15) is 0 Å². The van der Waals surface area contributed by atoms with E-state index in [4.69, 9.17) is 28.3 Å². The summed E-state index contributed by atoms with van der Waals surface area (Å²) in [5.41, 5.74) is 1.59. The third-order valence-corrected chi connectivity index (χ3v) is 3.42. The zero-order chi connectivity index (χ0) is 14.7. The summed E-state index contributed by atoms with van der Waals surface area (Å²) in [5.74, 6) is -0.528. The molecule has 104 valence electrons. The van der Waals surface area contributed by atoms with Gasteiger partial charge in [-0.15, -0.1) is 0 Å². The van der Waals surface area contributed by atoms with Gasteiger partial charge in [0.25, 0.3) is 0 Å². The molecule has 0 radical (unpaired) electrons. The van der Waals surface area contributed by atoms with Gasteiger partial charge in [0.15, 0.2) is 0 Å². The Labute approximate surface area is 126 Å². The van der Waals surface area contributed by atoms with E-state index in [1.54, 1.807) is 24.3 Å². The Balaban J connectivity index is 2.34. The van der Waals surface area contributed by atoms with Crippen molar-refractivity contribution in [1.82, 2.24) is 4.98 Å². The number of pyridine rings is 1. The molecule has 0 bridgehead atoms. The molecule has 0 saturated heterocycles. The first kappa shape index (κ1) is 14.6. The number of nitrogens with one attached hydrogen (secondary N) is 1. The Bertz CT molecular complexity index is 660. The van der Waals surface area contributed by atoms with Crippen LogP contribution in [0.25, 0.3) is 0 Å². The van der Waals surface area contributed by atoms with Crippen LogP contribution >= 0.6 is 23.2 Å². The summed E-state index contributed by atoms with van der Waals surface area (Å²) < 4.78 is 0. The minimum absolute atomic E-state index is 0.194. The van der Waals surface area contributed by atoms with Crippen molar-refractivity contribution in [2.75, 3.05) is 5.32 Å². The molecule has 1 aromatic carbocycles. The number of benzene rings is 1. The lowest BCUT2D eigenvalue weighted by Gasteiger charge is -2.09. The molecule has 0 aliphatic heterocycles. The molecule has 0 fully saturated rings. The normalized spacial score (nSPS) is 10.3. The molecule has 1 heterocycles. The zero-order valence-electron chi connectivity index (χ0n) is 10.7. The maximum Gasteiger partial charge on any atom is 0.335 e. The maximum absolute atomic E-state index is 11.1. The second kappa shape index (κ2) is 6.11. The lowest BCUT2D eigenvalue weighted by atomic mass is 10.2. The van der Waals surface area contributed by atoms with Crippen molar-refractivity contribution in [3.8, 4) is 0 Å². The molecular formula is C14H12Cl2N2O2. The topological polar surface area (TPSA) is 62.2 Å². The minimum Gasteiger partial charge on any atom is -0.478 e. The van der Waals surface area contributed by atoms with Crippen molar-refractivity contribution in [3.63, 3.8) is 0 Å². The van der Waals surface area contributed by atoms with E-state index in [0.717, 1.165) is 0 Å². The number of aromatic nitrogens is 1. The molecule has 2 aromatic rings. The zero-order valence-corrected chi connectivity index (χ0v) is 12.2. The molecule has 0 aliphatic carbocycles. The largest absolute Gasteiger partial charge is 0.478 e. The SMILES string of the molecule is CCc1cc(C(=O)O)cc(Nc2ccc(Cl)c(Cl)c2)n1. The first-order chi connectivity index (χ1) is 9.49. The first-order valence-corrected chi connectivity index (χ1v) is 6.71. The van der Waals surface area contributed by atoms with Gasteiger partial charge in [0.05, 0.1) is 15.6 Å². The minimum atomic E-state index is -0.987. The lowest BCUT2D eigenvalue weighted by molar-refractivity contribution is 0.0696. The number of aromatic carboxylic acids is 1. The van der Waals surface area contributed by atoms with Gasteiger partial charge >= 0.3 is 5.97 Å². The number of carboxylic acids is 1. The third-order valence-electron chi connectivity index (χ3n) is 2.68. The molecule has 0 spiro atoms. The van der Waals surface area contributed by atoms with E-state index in [1.807, 2.05) is 6.92 Å². The molecule has 4 nitrogen and oxygen atoms in total. The van der Waals surface area contributed by atoms with Crippen molar-refractivity contribution in [1.29, 1.82) is 0 Å². The van der Waals surface area contributed by atoms with Gasteiger partial charge in [-0.3, -0.25) is 0 Å². The number of aryl methyl sites for hydroxylation is 1. The van der Waals surface area contributed by atoms with Gasteiger partial charge in [-0.05, 0) is 36.8 Å². The van der Waals surface area contributed by atoms with E-state index in [0.29, 0.717) is 33.7 Å². The summed E-state index contributed by atoms with van der Waals surface area (Å²) in [6, 6.07) is 8.10. The van der Waals surface area contributed by atoms with Gasteiger partial charge in [0.1, 0.15) is 5.82 Å². The van der Waals surface area contributed by atoms with E-state index in [9.17, 15) is 4.79 Å². The van der Waals surface area contributed by atoms with Crippen LogP contribution < -0.4 is 5.32 Å². The fraction of sp³-hybridized carbons (Fsp3) is 0.143. The molecule has 0 atom stereocenters. The molecule has 1 aromatic heterocycles. The second-order valence-electron chi connectivity index (χ2n) is 4.14. The number of rotatable bonds is 4. The van der Waals surface area contributed by atoms with Gasteiger partial charge in [0.2, 0.25) is 0 Å². The highest BCUT2D eigenvalue weighted by atomic mass is 35.5. The summed E-state index contributed by atoms with van der Waals surface area (Å²) in [5, 5.41) is 13.0. The molecule has 0 aliphatic rings. The molecule has 0 amide bonds. The average Bonchev–Trinajstić information content (AvgIpc) is 2.42. The van der Waals surface area contributed by atoms with Crippen molar-refractivity contribution in [3.05, 3.63) is 51.6 Å². The highest BCUT2D eigenvalue weighted by Crippen LogP contribution is 2.26. The van der Waals surface area contributed by atoms with E-state index < -0.39 is 5.97 Å². The van der Waals surface area contributed by atoms with Crippen LogP contribution in [0.1, 0.15) is 23.0 Å². The maximum atomic E-state index is 11.1. The number of hydrogen-bond donors (Lipinski definition) is 2. The summed E-state index contributed by atoms with van der Waals surface area (Å²) in [6.07, 6.45) is 0.650. The predicted octanol–water partition coefficient (Wildman–Crippen LogP) is 4.39. The van der Waals surface area contributed by atoms with Crippen LogP contribution in [-0.4, -0.2) is 16.1 Å². The van der Waals surface area contributed by atoms with Crippen LogP contribution in [0.5, 0.6) is 0 Å². The molecule has 6 heteroatoms. The number of halogens is 2. The Morgan fingerprint density at radius 3 is 2.60 bits per heavy atom. The monoisotopic (exact) mass is 310 g/mol. The van der Waals surface area contributed by atoms with Gasteiger partial charge in [0, 0.05) is 11.4 Å². The fourth-order valence-corrected chi connectivity index (χ4v) is 1.98. The van der Waals surface area contributed by atoms with Crippen molar-refractivity contribution in [2.24, 2.45) is 0 Å². The van der Waals surface area contributed by atoms with Crippen LogP contribution in [0.15, 0.2) is 30.3 Å². The third kappa shape index (κ3) is 3.40.